The van der Waals surface area contributed by atoms with Crippen molar-refractivity contribution in [3.63, 3.8) is 0 Å². The smallest absolute Gasteiger partial charge is 0.298 e. The van der Waals surface area contributed by atoms with E-state index in [1.54, 1.807) is 12.1 Å². The van der Waals surface area contributed by atoms with E-state index >= 15 is 0 Å². The molecular formula is C19H23ClN4O3. The van der Waals surface area contributed by atoms with E-state index in [1.165, 1.54) is 0 Å². The third-order valence-corrected chi connectivity index (χ3v) is 5.56. The summed E-state index contributed by atoms with van der Waals surface area (Å²) in [5.41, 5.74) is 1.44. The quantitative estimate of drug-likeness (QED) is 0.840. The average Bonchev–Trinajstić information content (AvgIpc) is 2.99. The second kappa shape index (κ2) is 7.76. The van der Waals surface area contributed by atoms with Crippen LogP contribution in [0.4, 0.5) is 6.01 Å². The number of hydrogen-bond acceptors (Lipinski definition) is 5. The summed E-state index contributed by atoms with van der Waals surface area (Å²) >= 11 is 5.99. The van der Waals surface area contributed by atoms with Gasteiger partial charge in [0.05, 0.1) is 0 Å². The minimum atomic E-state index is -0.403. The van der Waals surface area contributed by atoms with Gasteiger partial charge in [0.2, 0.25) is 11.8 Å². The van der Waals surface area contributed by atoms with Crippen LogP contribution < -0.4 is 15.5 Å². The highest BCUT2D eigenvalue weighted by Gasteiger charge is 2.30. The summed E-state index contributed by atoms with van der Waals surface area (Å²) in [5.74, 6) is -0.180. The zero-order chi connectivity index (χ0) is 18.8. The van der Waals surface area contributed by atoms with Gasteiger partial charge in [-0.25, -0.2) is 0 Å². The lowest BCUT2D eigenvalue weighted by molar-refractivity contribution is -0.131. The van der Waals surface area contributed by atoms with Crippen LogP contribution in [0.25, 0.3) is 11.1 Å². The molecule has 8 heteroatoms. The normalized spacial score (nSPS) is 21.7. The van der Waals surface area contributed by atoms with Crippen LogP contribution in [0, 0.1) is 5.92 Å². The second-order valence-electron chi connectivity index (χ2n) is 7.22. The van der Waals surface area contributed by atoms with E-state index in [0.29, 0.717) is 55.5 Å². The third kappa shape index (κ3) is 4.03. The van der Waals surface area contributed by atoms with Gasteiger partial charge < -0.3 is 20.0 Å². The zero-order valence-electron chi connectivity index (χ0n) is 15.0. The molecule has 144 valence electrons. The number of nitrogens with zero attached hydrogens (tertiary/aromatic N) is 2. The number of oxazole rings is 1. The fourth-order valence-corrected chi connectivity index (χ4v) is 3.88. The van der Waals surface area contributed by atoms with Crippen molar-refractivity contribution in [2.24, 2.45) is 5.92 Å². The molecule has 2 aliphatic rings. The molecule has 4 rings (SSSR count). The topological polar surface area (TPSA) is 87.5 Å². The Bertz CT molecular complexity index is 845. The Kier molecular flexibility index (Phi) is 5.20. The number of fused-ring (bicyclic) bond motifs is 1. The molecule has 1 atom stereocenters. The second-order valence-corrected chi connectivity index (χ2v) is 7.65. The molecule has 2 aliphatic heterocycles. The van der Waals surface area contributed by atoms with Gasteiger partial charge in [0.1, 0.15) is 11.6 Å². The molecule has 7 nitrogen and oxygen atoms in total. The number of aromatic nitrogens is 1. The maximum atomic E-state index is 12.6. The van der Waals surface area contributed by atoms with Crippen molar-refractivity contribution >= 4 is 40.5 Å². The first-order valence-corrected chi connectivity index (χ1v) is 9.87. The standard InChI is InChI=1S/C19H23ClN4O3/c20-13-4-5-14-16(11-13)27-19(23-14)24-9-6-12(7-10-24)17(25)22-15-3-1-2-8-21-18(15)26/h4-5,11-12,15H,1-3,6-10H2,(H,21,26)(H,22,25). The van der Waals surface area contributed by atoms with Gasteiger partial charge in [0, 0.05) is 36.6 Å². The number of nitrogens with one attached hydrogen (secondary N) is 2. The Morgan fingerprint density at radius 2 is 2.07 bits per heavy atom. The van der Waals surface area contributed by atoms with E-state index in [1.807, 2.05) is 6.07 Å². The van der Waals surface area contributed by atoms with Crippen LogP contribution in [0.3, 0.4) is 0 Å². The fourth-order valence-electron chi connectivity index (χ4n) is 3.72. The maximum absolute atomic E-state index is 12.6. The number of piperidine rings is 1. The number of hydrogen-bond donors (Lipinski definition) is 2. The van der Waals surface area contributed by atoms with Crippen molar-refractivity contribution in [1.82, 2.24) is 15.6 Å². The van der Waals surface area contributed by atoms with E-state index in [2.05, 4.69) is 20.5 Å². The van der Waals surface area contributed by atoms with Crippen molar-refractivity contribution in [2.75, 3.05) is 24.5 Å². The maximum Gasteiger partial charge on any atom is 0.298 e. The number of benzene rings is 1. The van der Waals surface area contributed by atoms with Crippen molar-refractivity contribution in [3.05, 3.63) is 23.2 Å². The summed E-state index contributed by atoms with van der Waals surface area (Å²) < 4.78 is 5.81. The minimum absolute atomic E-state index is 0.0268. The highest BCUT2D eigenvalue weighted by Crippen LogP contribution is 2.28. The van der Waals surface area contributed by atoms with Gasteiger partial charge in [-0.3, -0.25) is 9.59 Å². The monoisotopic (exact) mass is 390 g/mol. The number of rotatable bonds is 3. The molecule has 0 saturated carbocycles. The lowest BCUT2D eigenvalue weighted by Gasteiger charge is -2.30. The number of anilines is 1. The van der Waals surface area contributed by atoms with E-state index in [4.69, 9.17) is 16.0 Å². The molecule has 1 aromatic carbocycles. The number of halogens is 1. The molecule has 2 saturated heterocycles. The SMILES string of the molecule is O=C(NC1CCCCNC1=O)C1CCN(c2nc3ccc(Cl)cc3o2)CC1. The summed E-state index contributed by atoms with van der Waals surface area (Å²) in [4.78, 5) is 31.2. The Morgan fingerprint density at radius 3 is 2.89 bits per heavy atom. The molecule has 1 unspecified atom stereocenters. The van der Waals surface area contributed by atoms with Crippen molar-refractivity contribution in [1.29, 1.82) is 0 Å². The third-order valence-electron chi connectivity index (χ3n) is 5.33. The van der Waals surface area contributed by atoms with Crippen LogP contribution in [0.1, 0.15) is 32.1 Å². The first-order valence-electron chi connectivity index (χ1n) is 9.49. The molecule has 0 bridgehead atoms. The van der Waals surface area contributed by atoms with Crippen LogP contribution in [-0.4, -0.2) is 42.5 Å². The number of carbonyl (C=O) groups excluding carboxylic acids is 2. The van der Waals surface area contributed by atoms with Crippen molar-refractivity contribution in [2.45, 2.75) is 38.1 Å². The zero-order valence-corrected chi connectivity index (χ0v) is 15.8. The highest BCUT2D eigenvalue weighted by molar-refractivity contribution is 6.31. The summed E-state index contributed by atoms with van der Waals surface area (Å²) in [6.45, 7) is 2.07. The lowest BCUT2D eigenvalue weighted by Crippen LogP contribution is -2.49. The molecule has 0 spiro atoms. The Labute approximate surface area is 162 Å². The van der Waals surface area contributed by atoms with Crippen molar-refractivity contribution in [3.8, 4) is 0 Å². The molecule has 2 amide bonds. The van der Waals surface area contributed by atoms with Crippen LogP contribution in [0.5, 0.6) is 0 Å². The molecule has 2 N–H and O–H groups in total. The summed E-state index contributed by atoms with van der Waals surface area (Å²) in [5, 5.41) is 6.41. The molecular weight excluding hydrogens is 368 g/mol. The summed E-state index contributed by atoms with van der Waals surface area (Å²) in [6.07, 6.45) is 4.04. The van der Waals surface area contributed by atoms with Crippen LogP contribution in [0.2, 0.25) is 5.02 Å². The van der Waals surface area contributed by atoms with Crippen LogP contribution in [-0.2, 0) is 9.59 Å². The Balaban J connectivity index is 1.35. The predicted molar refractivity (Wildman–Crippen MR) is 103 cm³/mol. The highest BCUT2D eigenvalue weighted by atomic mass is 35.5. The Hall–Kier alpha value is -2.28. The molecule has 1 aromatic heterocycles. The van der Waals surface area contributed by atoms with E-state index < -0.39 is 6.04 Å². The summed E-state index contributed by atoms with van der Waals surface area (Å²) in [6, 6.07) is 5.54. The van der Waals surface area contributed by atoms with Crippen LogP contribution >= 0.6 is 11.6 Å². The molecule has 27 heavy (non-hydrogen) atoms. The van der Waals surface area contributed by atoms with Gasteiger partial charge >= 0.3 is 0 Å². The molecule has 0 aliphatic carbocycles. The van der Waals surface area contributed by atoms with E-state index in [9.17, 15) is 9.59 Å². The fraction of sp³-hybridized carbons (Fsp3) is 0.526. The van der Waals surface area contributed by atoms with Gasteiger partial charge in [-0.05, 0) is 44.2 Å². The van der Waals surface area contributed by atoms with Gasteiger partial charge in [-0.2, -0.15) is 4.98 Å². The number of carbonyl (C=O) groups is 2. The van der Waals surface area contributed by atoms with Gasteiger partial charge in [-0.15, -0.1) is 0 Å². The summed E-state index contributed by atoms with van der Waals surface area (Å²) in [7, 11) is 0. The van der Waals surface area contributed by atoms with E-state index in [0.717, 1.165) is 18.4 Å². The molecule has 3 heterocycles. The average molecular weight is 391 g/mol. The first kappa shape index (κ1) is 18.1. The van der Waals surface area contributed by atoms with Gasteiger partial charge in [0.15, 0.2) is 5.58 Å². The minimum Gasteiger partial charge on any atom is -0.423 e. The molecule has 2 fully saturated rings. The van der Waals surface area contributed by atoms with Crippen LogP contribution in [0.15, 0.2) is 22.6 Å². The molecule has 2 aromatic rings. The largest absolute Gasteiger partial charge is 0.423 e. The van der Waals surface area contributed by atoms with Crippen molar-refractivity contribution < 1.29 is 14.0 Å². The lowest BCUT2D eigenvalue weighted by atomic mass is 9.95. The van der Waals surface area contributed by atoms with E-state index in [-0.39, 0.29) is 17.7 Å². The molecule has 0 radical (unpaired) electrons. The Morgan fingerprint density at radius 1 is 1.26 bits per heavy atom. The predicted octanol–water partition coefficient (Wildman–Crippen LogP) is 2.48. The van der Waals surface area contributed by atoms with Gasteiger partial charge in [-0.1, -0.05) is 11.6 Å². The number of amides is 2. The first-order chi connectivity index (χ1) is 13.1. The van der Waals surface area contributed by atoms with Gasteiger partial charge in [0.25, 0.3) is 6.01 Å².